The minimum Gasteiger partial charge on any atom is -0.454 e. The second kappa shape index (κ2) is 12.0. The van der Waals surface area contributed by atoms with Crippen LogP contribution < -0.4 is 25.4 Å². The van der Waals surface area contributed by atoms with E-state index >= 15 is 0 Å². The van der Waals surface area contributed by atoms with Crippen LogP contribution in [0, 0.1) is 5.92 Å². The summed E-state index contributed by atoms with van der Waals surface area (Å²) < 4.78 is 70.3. The highest BCUT2D eigenvalue weighted by Gasteiger charge is 2.61. The Morgan fingerprint density at radius 2 is 1.68 bits per heavy atom. The lowest BCUT2D eigenvalue weighted by Crippen LogP contribution is -2.52. The standard InChI is InChI=1S/C30H29ClF3N7O5S/c1-2-18-15-29(18,24(43)41-47(44,45)22-11-12-22)39-23(42)17-3-9-21(10-4-17)35-25-36-26(38-27(37-25)46-16-30(32,33)34)40-28(13-14-28)19-5-7-20(31)8-6-19/h2-10,18,22H,1,11-16H2,(H,39,42)(H,41,43)(H2,35,36,37,38,40)/t18-,29-/m1/s1. The highest BCUT2D eigenvalue weighted by Crippen LogP contribution is 2.48. The van der Waals surface area contributed by atoms with Gasteiger partial charge in [0.2, 0.25) is 21.9 Å². The molecule has 4 N–H and O–H groups in total. The Morgan fingerprint density at radius 1 is 1.02 bits per heavy atom. The summed E-state index contributed by atoms with van der Waals surface area (Å²) in [4.78, 5) is 38.4. The molecule has 0 radical (unpaired) electrons. The number of carbonyl (C=O) groups is 2. The molecule has 3 aliphatic rings. The van der Waals surface area contributed by atoms with Crippen molar-refractivity contribution in [3.05, 3.63) is 77.3 Å². The Kier molecular flexibility index (Phi) is 8.28. The zero-order chi connectivity index (χ0) is 33.6. The Labute approximate surface area is 272 Å². The van der Waals surface area contributed by atoms with E-state index in [9.17, 15) is 31.2 Å². The van der Waals surface area contributed by atoms with E-state index in [1.165, 1.54) is 30.3 Å². The van der Waals surface area contributed by atoms with Crippen LogP contribution in [-0.4, -0.2) is 58.8 Å². The lowest BCUT2D eigenvalue weighted by atomic mass is 10.1. The Hall–Kier alpha value is -4.44. The second-order valence-corrected chi connectivity index (χ2v) is 14.1. The summed E-state index contributed by atoms with van der Waals surface area (Å²) in [6.45, 7) is 2.06. The molecule has 2 aromatic carbocycles. The monoisotopic (exact) mass is 691 g/mol. The molecule has 2 atom stereocenters. The number of nitrogens with one attached hydrogen (secondary N) is 4. The molecule has 3 aliphatic carbocycles. The van der Waals surface area contributed by atoms with Crippen molar-refractivity contribution in [3.63, 3.8) is 0 Å². The number of rotatable bonds is 13. The number of benzene rings is 2. The predicted molar refractivity (Wildman–Crippen MR) is 166 cm³/mol. The van der Waals surface area contributed by atoms with Crippen molar-refractivity contribution in [2.75, 3.05) is 17.2 Å². The first kappa shape index (κ1) is 32.5. The van der Waals surface area contributed by atoms with E-state index in [1.54, 1.807) is 12.1 Å². The average Bonchev–Trinajstić information content (AvgIpc) is 3.88. The van der Waals surface area contributed by atoms with Crippen LogP contribution in [0.1, 0.15) is 48.0 Å². The molecule has 1 aromatic heterocycles. The van der Waals surface area contributed by atoms with Gasteiger partial charge in [-0.05, 0) is 74.1 Å². The Balaban J connectivity index is 1.17. The third-order valence-corrected chi connectivity index (χ3v) is 10.2. The van der Waals surface area contributed by atoms with Crippen LogP contribution in [-0.2, 0) is 20.4 Å². The topological polar surface area (TPSA) is 164 Å². The molecule has 6 rings (SSSR count). The van der Waals surface area contributed by atoms with Gasteiger partial charge in [0.25, 0.3) is 11.8 Å². The fraction of sp³-hybridized carbons (Fsp3) is 0.367. The van der Waals surface area contributed by atoms with Crippen molar-refractivity contribution >= 4 is 51.0 Å². The van der Waals surface area contributed by atoms with Gasteiger partial charge in [0.05, 0.1) is 10.8 Å². The normalized spacial score (nSPS) is 21.2. The number of ether oxygens (including phenoxy) is 1. The first-order valence-electron chi connectivity index (χ1n) is 14.6. The zero-order valence-electron chi connectivity index (χ0n) is 24.6. The van der Waals surface area contributed by atoms with E-state index in [0.717, 1.165) is 18.4 Å². The Morgan fingerprint density at radius 3 is 2.26 bits per heavy atom. The predicted octanol–water partition coefficient (Wildman–Crippen LogP) is 4.59. The number of amides is 2. The fourth-order valence-corrected chi connectivity index (χ4v) is 6.59. The van der Waals surface area contributed by atoms with Crippen molar-refractivity contribution in [2.45, 2.75) is 54.6 Å². The van der Waals surface area contributed by atoms with Gasteiger partial charge >= 0.3 is 12.2 Å². The maximum absolute atomic E-state index is 13.1. The van der Waals surface area contributed by atoms with Crippen LogP contribution in [0.5, 0.6) is 6.01 Å². The summed E-state index contributed by atoms with van der Waals surface area (Å²) in [6, 6.07) is 12.5. The number of alkyl halides is 3. The van der Waals surface area contributed by atoms with Crippen LogP contribution in [0.3, 0.4) is 0 Å². The third-order valence-electron chi connectivity index (χ3n) is 8.12. The minimum atomic E-state index is -4.62. The van der Waals surface area contributed by atoms with Gasteiger partial charge in [-0.1, -0.05) is 29.8 Å². The molecule has 0 bridgehead atoms. The van der Waals surface area contributed by atoms with E-state index in [-0.39, 0.29) is 23.9 Å². The van der Waals surface area contributed by atoms with E-state index < -0.39 is 62.9 Å². The fourth-order valence-electron chi connectivity index (χ4n) is 5.10. The van der Waals surface area contributed by atoms with Gasteiger partial charge in [0, 0.05) is 22.2 Å². The number of carbonyl (C=O) groups excluding carboxylic acids is 2. The maximum atomic E-state index is 13.1. The number of nitrogens with zero attached hydrogens (tertiary/aromatic N) is 3. The lowest BCUT2D eigenvalue weighted by Gasteiger charge is -2.19. The van der Waals surface area contributed by atoms with Gasteiger partial charge in [-0.25, -0.2) is 8.42 Å². The summed E-state index contributed by atoms with van der Waals surface area (Å²) in [6.07, 6.45) is -0.550. The zero-order valence-corrected chi connectivity index (χ0v) is 26.2. The van der Waals surface area contributed by atoms with Crippen LogP contribution in [0.15, 0.2) is 61.2 Å². The summed E-state index contributed by atoms with van der Waals surface area (Å²) in [5, 5.41) is 8.67. The van der Waals surface area contributed by atoms with Crippen molar-refractivity contribution in [3.8, 4) is 6.01 Å². The number of hydrogen-bond acceptors (Lipinski definition) is 10. The van der Waals surface area contributed by atoms with Gasteiger partial charge in [-0.2, -0.15) is 28.1 Å². The van der Waals surface area contributed by atoms with E-state index in [2.05, 4.69) is 42.2 Å². The first-order chi connectivity index (χ1) is 22.2. The average molecular weight is 692 g/mol. The molecule has 12 nitrogen and oxygen atoms in total. The van der Waals surface area contributed by atoms with Crippen LogP contribution in [0.25, 0.3) is 0 Å². The van der Waals surface area contributed by atoms with Crippen molar-refractivity contribution in [1.29, 1.82) is 0 Å². The largest absolute Gasteiger partial charge is 0.454 e. The van der Waals surface area contributed by atoms with Crippen LogP contribution in [0.4, 0.5) is 30.8 Å². The van der Waals surface area contributed by atoms with Gasteiger partial charge in [0.1, 0.15) is 5.54 Å². The smallest absolute Gasteiger partial charge is 0.422 e. The molecule has 17 heteroatoms. The lowest BCUT2D eigenvalue weighted by molar-refractivity contribution is -0.154. The number of sulfonamides is 1. The summed E-state index contributed by atoms with van der Waals surface area (Å²) >= 11 is 6.02. The highest BCUT2D eigenvalue weighted by atomic mass is 35.5. The van der Waals surface area contributed by atoms with Gasteiger partial charge < -0.3 is 20.7 Å². The molecule has 1 heterocycles. The van der Waals surface area contributed by atoms with Crippen molar-refractivity contribution < 1.29 is 35.9 Å². The molecule has 0 saturated heterocycles. The number of halogens is 4. The van der Waals surface area contributed by atoms with Gasteiger partial charge in [0.15, 0.2) is 6.61 Å². The third kappa shape index (κ3) is 7.43. The number of hydrogen-bond donors (Lipinski definition) is 4. The molecule has 0 unspecified atom stereocenters. The molecule has 2 amide bonds. The number of aromatic nitrogens is 3. The van der Waals surface area contributed by atoms with E-state index in [0.29, 0.717) is 23.6 Å². The highest BCUT2D eigenvalue weighted by molar-refractivity contribution is 7.91. The van der Waals surface area contributed by atoms with Gasteiger partial charge in [-0.15, -0.1) is 6.58 Å². The molecular formula is C30H29ClF3N7O5S. The number of anilines is 3. The van der Waals surface area contributed by atoms with Crippen LogP contribution in [0.2, 0.25) is 5.02 Å². The first-order valence-corrected chi connectivity index (χ1v) is 16.5. The summed E-state index contributed by atoms with van der Waals surface area (Å²) in [5.74, 6) is -2.02. The molecule has 47 heavy (non-hydrogen) atoms. The van der Waals surface area contributed by atoms with Crippen molar-refractivity contribution in [2.24, 2.45) is 5.92 Å². The summed E-state index contributed by atoms with van der Waals surface area (Å²) in [5.41, 5.74) is -0.546. The van der Waals surface area contributed by atoms with Crippen molar-refractivity contribution in [1.82, 2.24) is 25.0 Å². The quantitative estimate of drug-likeness (QED) is 0.186. The molecule has 3 aromatic rings. The van der Waals surface area contributed by atoms with Gasteiger partial charge in [-0.3, -0.25) is 14.3 Å². The molecule has 0 spiro atoms. The summed E-state index contributed by atoms with van der Waals surface area (Å²) in [7, 11) is -3.82. The van der Waals surface area contributed by atoms with E-state index in [1.807, 2.05) is 12.1 Å². The molecule has 0 aliphatic heterocycles. The SMILES string of the molecule is C=C[C@@H]1C[C@]1(NC(=O)c1ccc(Nc2nc(NC3(c4ccc(Cl)cc4)CC3)nc(OCC(F)(F)F)n2)cc1)C(=O)NS(=O)(=O)C1CC1. The van der Waals surface area contributed by atoms with E-state index in [4.69, 9.17) is 16.3 Å². The van der Waals surface area contributed by atoms with Crippen LogP contribution >= 0.6 is 11.6 Å². The second-order valence-electron chi connectivity index (χ2n) is 11.7. The molecule has 3 fully saturated rings. The molecule has 3 saturated carbocycles. The Bertz CT molecular complexity index is 1820. The minimum absolute atomic E-state index is 0.0170. The molecule has 248 valence electrons. The maximum Gasteiger partial charge on any atom is 0.422 e. The molecular weight excluding hydrogens is 663 g/mol.